The summed E-state index contributed by atoms with van der Waals surface area (Å²) < 4.78 is 14.8. The lowest BCUT2D eigenvalue weighted by atomic mass is 10.0. The maximum atomic E-state index is 13.7. The summed E-state index contributed by atoms with van der Waals surface area (Å²) in [7, 11) is 0. The van der Waals surface area contributed by atoms with Crippen molar-refractivity contribution in [2.24, 2.45) is 0 Å². The second-order valence-corrected chi connectivity index (χ2v) is 6.38. The first-order valence-electron chi connectivity index (χ1n) is 5.91. The molecule has 96 valence electrons. The normalized spacial score (nSPS) is 12.6. The first-order chi connectivity index (χ1) is 8.70. The second kappa shape index (κ2) is 6.45. The quantitative estimate of drug-likeness (QED) is 0.849. The van der Waals surface area contributed by atoms with Crippen LogP contribution in [0.5, 0.6) is 0 Å². The Morgan fingerprint density at radius 2 is 2.17 bits per heavy atom. The summed E-state index contributed by atoms with van der Waals surface area (Å²) in [6.45, 7) is 2.93. The largest absolute Gasteiger partial charge is 0.310 e. The SMILES string of the molecule is CCNC(Cc1ccccc1F)c1csc(Br)c1. The van der Waals surface area contributed by atoms with Crippen LogP contribution in [-0.4, -0.2) is 6.54 Å². The fourth-order valence-electron chi connectivity index (χ4n) is 1.94. The van der Waals surface area contributed by atoms with E-state index in [1.54, 1.807) is 17.4 Å². The molecule has 0 spiro atoms. The van der Waals surface area contributed by atoms with Crippen molar-refractivity contribution in [3.8, 4) is 0 Å². The van der Waals surface area contributed by atoms with E-state index >= 15 is 0 Å². The van der Waals surface area contributed by atoms with Gasteiger partial charge in [0.2, 0.25) is 0 Å². The molecule has 0 fully saturated rings. The maximum Gasteiger partial charge on any atom is 0.126 e. The van der Waals surface area contributed by atoms with E-state index < -0.39 is 0 Å². The van der Waals surface area contributed by atoms with Gasteiger partial charge in [-0.05, 0) is 57.5 Å². The van der Waals surface area contributed by atoms with E-state index in [0.29, 0.717) is 6.42 Å². The van der Waals surface area contributed by atoms with Crippen LogP contribution in [0, 0.1) is 5.82 Å². The smallest absolute Gasteiger partial charge is 0.126 e. The highest BCUT2D eigenvalue weighted by Gasteiger charge is 2.14. The van der Waals surface area contributed by atoms with Gasteiger partial charge in [-0.3, -0.25) is 0 Å². The monoisotopic (exact) mass is 327 g/mol. The molecule has 0 radical (unpaired) electrons. The molecule has 0 aliphatic heterocycles. The molecule has 1 aromatic heterocycles. The lowest BCUT2D eigenvalue weighted by molar-refractivity contribution is 0.529. The number of benzene rings is 1. The van der Waals surface area contributed by atoms with E-state index in [0.717, 1.165) is 15.9 Å². The molecule has 1 heterocycles. The summed E-state index contributed by atoms with van der Waals surface area (Å²) in [4.78, 5) is 0. The highest BCUT2D eigenvalue weighted by molar-refractivity contribution is 9.11. The van der Waals surface area contributed by atoms with E-state index in [1.807, 2.05) is 12.1 Å². The number of hydrogen-bond acceptors (Lipinski definition) is 2. The van der Waals surface area contributed by atoms with Gasteiger partial charge in [0, 0.05) is 6.04 Å². The molecule has 2 rings (SSSR count). The Morgan fingerprint density at radius 1 is 1.39 bits per heavy atom. The Hall–Kier alpha value is -0.710. The minimum absolute atomic E-state index is 0.130. The Balaban J connectivity index is 2.19. The molecule has 0 aliphatic rings. The van der Waals surface area contributed by atoms with E-state index in [-0.39, 0.29) is 11.9 Å². The zero-order chi connectivity index (χ0) is 13.0. The van der Waals surface area contributed by atoms with E-state index in [4.69, 9.17) is 0 Å². The highest BCUT2D eigenvalue weighted by atomic mass is 79.9. The van der Waals surface area contributed by atoms with Gasteiger partial charge in [0.25, 0.3) is 0 Å². The Labute approximate surface area is 119 Å². The average molecular weight is 328 g/mol. The van der Waals surface area contributed by atoms with Gasteiger partial charge < -0.3 is 5.32 Å². The van der Waals surface area contributed by atoms with Gasteiger partial charge in [-0.25, -0.2) is 4.39 Å². The minimum Gasteiger partial charge on any atom is -0.310 e. The fourth-order valence-corrected chi connectivity index (χ4v) is 3.17. The molecule has 0 amide bonds. The first kappa shape index (κ1) is 13.7. The molecule has 0 saturated heterocycles. The number of halogens is 2. The van der Waals surface area contributed by atoms with Crippen molar-refractivity contribution in [3.05, 3.63) is 56.4 Å². The summed E-state index contributed by atoms with van der Waals surface area (Å²) in [5, 5.41) is 5.52. The van der Waals surface area contributed by atoms with Crippen molar-refractivity contribution in [2.45, 2.75) is 19.4 Å². The summed E-state index contributed by atoms with van der Waals surface area (Å²) in [6, 6.07) is 9.23. The predicted octanol–water partition coefficient (Wildman–Crippen LogP) is 4.54. The molecule has 4 heteroatoms. The maximum absolute atomic E-state index is 13.7. The van der Waals surface area contributed by atoms with Gasteiger partial charge in [0.1, 0.15) is 5.82 Å². The zero-order valence-electron chi connectivity index (χ0n) is 10.1. The molecule has 1 nitrogen and oxygen atoms in total. The van der Waals surface area contributed by atoms with E-state index in [1.165, 1.54) is 11.6 Å². The molecule has 1 unspecified atom stereocenters. The van der Waals surface area contributed by atoms with Crippen molar-refractivity contribution in [3.63, 3.8) is 0 Å². The van der Waals surface area contributed by atoms with Gasteiger partial charge in [-0.1, -0.05) is 25.1 Å². The number of rotatable bonds is 5. The van der Waals surface area contributed by atoms with Gasteiger partial charge in [0.15, 0.2) is 0 Å². The first-order valence-corrected chi connectivity index (χ1v) is 7.58. The molecule has 0 bridgehead atoms. The lowest BCUT2D eigenvalue weighted by Gasteiger charge is -2.17. The summed E-state index contributed by atoms with van der Waals surface area (Å²) in [5.74, 6) is -0.130. The Kier molecular flexibility index (Phi) is 4.92. The molecule has 18 heavy (non-hydrogen) atoms. The van der Waals surface area contributed by atoms with Crippen LogP contribution in [0.1, 0.15) is 24.1 Å². The third kappa shape index (κ3) is 3.40. The Morgan fingerprint density at radius 3 is 2.78 bits per heavy atom. The third-order valence-corrected chi connectivity index (χ3v) is 4.35. The summed E-state index contributed by atoms with van der Waals surface area (Å²) >= 11 is 5.12. The molecular formula is C14H15BrFNS. The van der Waals surface area contributed by atoms with Crippen LogP contribution >= 0.6 is 27.3 Å². The van der Waals surface area contributed by atoms with Crippen LogP contribution in [0.3, 0.4) is 0 Å². The van der Waals surface area contributed by atoms with Crippen LogP contribution in [0.2, 0.25) is 0 Å². The third-order valence-electron chi connectivity index (χ3n) is 2.82. The van der Waals surface area contributed by atoms with Gasteiger partial charge in [0.05, 0.1) is 3.79 Å². The molecule has 0 aliphatic carbocycles. The van der Waals surface area contributed by atoms with Crippen LogP contribution in [-0.2, 0) is 6.42 Å². The number of hydrogen-bond donors (Lipinski definition) is 1. The van der Waals surface area contributed by atoms with Gasteiger partial charge >= 0.3 is 0 Å². The highest BCUT2D eigenvalue weighted by Crippen LogP contribution is 2.27. The summed E-state index contributed by atoms with van der Waals surface area (Å²) in [6.07, 6.45) is 0.670. The van der Waals surface area contributed by atoms with Crippen molar-refractivity contribution >= 4 is 27.3 Å². The van der Waals surface area contributed by atoms with Crippen LogP contribution in [0.4, 0.5) is 4.39 Å². The van der Waals surface area contributed by atoms with Crippen LogP contribution in [0.25, 0.3) is 0 Å². The topological polar surface area (TPSA) is 12.0 Å². The fraction of sp³-hybridized carbons (Fsp3) is 0.286. The van der Waals surface area contributed by atoms with Crippen molar-refractivity contribution in [1.29, 1.82) is 0 Å². The molecule has 1 aromatic carbocycles. The van der Waals surface area contributed by atoms with Crippen LogP contribution < -0.4 is 5.32 Å². The molecule has 0 saturated carbocycles. The van der Waals surface area contributed by atoms with E-state index in [2.05, 4.69) is 39.6 Å². The standard InChI is InChI=1S/C14H15BrFNS/c1-2-17-13(11-8-14(15)18-9-11)7-10-5-3-4-6-12(10)16/h3-6,8-9,13,17H,2,7H2,1H3. The number of nitrogens with one attached hydrogen (secondary N) is 1. The average Bonchev–Trinajstić information content (AvgIpc) is 2.78. The van der Waals surface area contributed by atoms with Crippen molar-refractivity contribution in [1.82, 2.24) is 5.32 Å². The van der Waals surface area contributed by atoms with Gasteiger partial charge in [-0.15, -0.1) is 11.3 Å². The molecule has 1 atom stereocenters. The second-order valence-electron chi connectivity index (χ2n) is 4.09. The van der Waals surface area contributed by atoms with Crippen molar-refractivity contribution in [2.75, 3.05) is 6.54 Å². The Bertz CT molecular complexity index is 512. The van der Waals surface area contributed by atoms with Crippen molar-refractivity contribution < 1.29 is 4.39 Å². The van der Waals surface area contributed by atoms with E-state index in [9.17, 15) is 4.39 Å². The molecule has 1 N–H and O–H groups in total. The summed E-state index contributed by atoms with van der Waals surface area (Å²) in [5.41, 5.74) is 1.96. The molecule has 2 aromatic rings. The zero-order valence-corrected chi connectivity index (χ0v) is 12.5. The number of thiophene rings is 1. The minimum atomic E-state index is -0.130. The lowest BCUT2D eigenvalue weighted by Crippen LogP contribution is -2.22. The van der Waals surface area contributed by atoms with Crippen LogP contribution in [0.15, 0.2) is 39.5 Å². The number of likely N-dealkylation sites (N-methyl/N-ethyl adjacent to an activating group) is 1. The van der Waals surface area contributed by atoms with Gasteiger partial charge in [-0.2, -0.15) is 0 Å². The predicted molar refractivity (Wildman–Crippen MR) is 78.5 cm³/mol. The molecular weight excluding hydrogens is 313 g/mol.